The average molecular weight is 611 g/mol. The quantitative estimate of drug-likeness (QED) is 0.333. The van der Waals surface area contributed by atoms with Crippen molar-refractivity contribution < 1.29 is 14.6 Å². The number of nitrogens with one attached hydrogen (secondary N) is 1. The minimum absolute atomic E-state index is 0.0759. The second-order valence-electron chi connectivity index (χ2n) is 8.51. The Balaban J connectivity index is 1.70. The number of anilines is 1. The van der Waals surface area contributed by atoms with Crippen molar-refractivity contribution in [3.8, 4) is 11.5 Å². The van der Waals surface area contributed by atoms with Crippen molar-refractivity contribution in [3.63, 3.8) is 0 Å². The fourth-order valence-electron chi connectivity index (χ4n) is 4.28. The van der Waals surface area contributed by atoms with E-state index in [1.165, 1.54) is 15.9 Å². The number of halogens is 2. The van der Waals surface area contributed by atoms with Crippen molar-refractivity contribution in [3.05, 3.63) is 118 Å². The van der Waals surface area contributed by atoms with Gasteiger partial charge in [-0.3, -0.25) is 14.2 Å². The van der Waals surface area contributed by atoms with Crippen LogP contribution in [0.4, 0.5) is 5.69 Å². The molecule has 0 radical (unpaired) electrons. The number of phenolic OH excluding ortho intramolecular Hbond substituents is 1. The van der Waals surface area contributed by atoms with Gasteiger partial charge in [0.1, 0.15) is 11.5 Å². The summed E-state index contributed by atoms with van der Waals surface area (Å²) in [5, 5.41) is 13.1. The molecule has 1 amide bonds. The highest BCUT2D eigenvalue weighted by Gasteiger charge is 2.32. The molecule has 0 saturated carbocycles. The van der Waals surface area contributed by atoms with E-state index in [9.17, 15) is 14.7 Å². The minimum Gasteiger partial charge on any atom is -0.505 e. The summed E-state index contributed by atoms with van der Waals surface area (Å²) in [6.07, 6.45) is 1.69. The SMILES string of the molecule is COc1cccc([C@@H]2C(C(=O)Nc3ccccc3)=C(C)N=c3s/c(=C/c4cc(Cl)c(O)c(Br)c4)c(=O)n32)c1. The summed E-state index contributed by atoms with van der Waals surface area (Å²) in [5.41, 5.74) is 2.53. The van der Waals surface area contributed by atoms with Crippen molar-refractivity contribution in [2.45, 2.75) is 13.0 Å². The van der Waals surface area contributed by atoms with E-state index in [-0.39, 0.29) is 22.2 Å². The maximum Gasteiger partial charge on any atom is 0.271 e. The first kappa shape index (κ1) is 26.0. The van der Waals surface area contributed by atoms with Crippen LogP contribution in [-0.4, -0.2) is 22.7 Å². The number of aromatic nitrogens is 1. The number of aromatic hydroxyl groups is 1. The van der Waals surface area contributed by atoms with Gasteiger partial charge in [0.15, 0.2) is 4.80 Å². The largest absolute Gasteiger partial charge is 0.505 e. The van der Waals surface area contributed by atoms with Gasteiger partial charge in [-0.25, -0.2) is 4.99 Å². The Labute approximate surface area is 235 Å². The van der Waals surface area contributed by atoms with Crippen LogP contribution in [0.25, 0.3) is 6.08 Å². The van der Waals surface area contributed by atoms with Gasteiger partial charge >= 0.3 is 0 Å². The van der Waals surface area contributed by atoms with Crippen molar-refractivity contribution in [2.75, 3.05) is 12.4 Å². The topological polar surface area (TPSA) is 92.9 Å². The third-order valence-corrected chi connectivity index (χ3v) is 7.92. The van der Waals surface area contributed by atoms with Crippen LogP contribution in [0.1, 0.15) is 24.1 Å². The molecule has 1 atom stereocenters. The first-order valence-electron chi connectivity index (χ1n) is 11.5. The van der Waals surface area contributed by atoms with Crippen molar-refractivity contribution in [2.24, 2.45) is 4.99 Å². The molecule has 7 nitrogen and oxygen atoms in total. The first-order valence-corrected chi connectivity index (χ1v) is 13.5. The maximum atomic E-state index is 13.8. The Kier molecular flexibility index (Phi) is 7.25. The zero-order valence-corrected chi connectivity index (χ0v) is 23.4. The summed E-state index contributed by atoms with van der Waals surface area (Å²) in [7, 11) is 1.57. The van der Waals surface area contributed by atoms with E-state index in [4.69, 9.17) is 16.3 Å². The van der Waals surface area contributed by atoms with E-state index < -0.39 is 6.04 Å². The maximum absolute atomic E-state index is 13.8. The molecule has 1 aromatic heterocycles. The average Bonchev–Trinajstić information content (AvgIpc) is 3.20. The van der Waals surface area contributed by atoms with Crippen LogP contribution in [0, 0.1) is 0 Å². The second-order valence-corrected chi connectivity index (χ2v) is 10.8. The van der Waals surface area contributed by atoms with Gasteiger partial charge in [0.25, 0.3) is 11.5 Å². The number of rotatable bonds is 5. The van der Waals surface area contributed by atoms with Gasteiger partial charge in [-0.05, 0) is 76.5 Å². The highest BCUT2D eigenvalue weighted by atomic mass is 79.9. The smallest absolute Gasteiger partial charge is 0.271 e. The monoisotopic (exact) mass is 609 g/mol. The number of carbonyl (C=O) groups excluding carboxylic acids is 1. The lowest BCUT2D eigenvalue weighted by Crippen LogP contribution is -2.40. The number of methoxy groups -OCH3 is 1. The molecule has 3 aromatic carbocycles. The molecule has 1 aliphatic rings. The van der Waals surface area contributed by atoms with E-state index >= 15 is 0 Å². The van der Waals surface area contributed by atoms with E-state index in [2.05, 4.69) is 26.2 Å². The lowest BCUT2D eigenvalue weighted by Gasteiger charge is -2.25. The van der Waals surface area contributed by atoms with Gasteiger partial charge in [0.05, 0.1) is 38.4 Å². The zero-order valence-electron chi connectivity index (χ0n) is 20.2. The minimum atomic E-state index is -0.734. The summed E-state index contributed by atoms with van der Waals surface area (Å²) < 4.78 is 7.78. The molecule has 38 heavy (non-hydrogen) atoms. The summed E-state index contributed by atoms with van der Waals surface area (Å²) in [6, 6.07) is 18.9. The predicted octanol–water partition coefficient (Wildman–Crippen LogP) is 5.00. The number of ether oxygens (including phenoxy) is 1. The van der Waals surface area contributed by atoms with Gasteiger partial charge in [-0.2, -0.15) is 0 Å². The standard InChI is InChI=1S/C28H21BrClN3O4S/c1-15-23(26(35)32-18-8-4-3-5-9-18)24(17-7-6-10-19(14-17)37-2)33-27(36)22(38-28(33)31-15)13-16-11-20(29)25(34)21(30)12-16/h3-14,24,34H,1-2H3,(H,32,35)/b22-13+/t24-/m1/s1. The molecule has 5 rings (SSSR count). The molecule has 0 saturated heterocycles. The summed E-state index contributed by atoms with van der Waals surface area (Å²) in [4.78, 5) is 32.6. The number of thiazole rings is 1. The number of hydrogen-bond donors (Lipinski definition) is 2. The number of amides is 1. The lowest BCUT2D eigenvalue weighted by atomic mass is 9.95. The first-order chi connectivity index (χ1) is 18.3. The number of benzene rings is 3. The number of carbonyl (C=O) groups is 1. The van der Waals surface area contributed by atoms with Crippen LogP contribution < -0.4 is 24.9 Å². The molecular weight excluding hydrogens is 590 g/mol. The highest BCUT2D eigenvalue weighted by Crippen LogP contribution is 2.34. The van der Waals surface area contributed by atoms with Crippen LogP contribution in [0.5, 0.6) is 11.5 Å². The molecule has 1 aliphatic heterocycles. The fraction of sp³-hybridized carbons (Fsp3) is 0.107. The summed E-state index contributed by atoms with van der Waals surface area (Å²) >= 11 is 10.6. The Morgan fingerprint density at radius 2 is 1.95 bits per heavy atom. The molecule has 0 aliphatic carbocycles. The van der Waals surface area contributed by atoms with Gasteiger partial charge < -0.3 is 15.2 Å². The van der Waals surface area contributed by atoms with Crippen LogP contribution >= 0.6 is 38.9 Å². The third kappa shape index (κ3) is 4.92. The number of para-hydroxylation sites is 1. The predicted molar refractivity (Wildman–Crippen MR) is 153 cm³/mol. The van der Waals surface area contributed by atoms with Gasteiger partial charge in [-0.1, -0.05) is 53.3 Å². The number of allylic oxidation sites excluding steroid dienone is 1. The van der Waals surface area contributed by atoms with Crippen LogP contribution in [0.2, 0.25) is 5.02 Å². The molecular formula is C28H21BrClN3O4S. The molecule has 2 heterocycles. The van der Waals surface area contributed by atoms with E-state index in [0.29, 0.717) is 47.6 Å². The number of nitrogens with zero attached hydrogens (tertiary/aromatic N) is 2. The third-order valence-electron chi connectivity index (χ3n) is 6.04. The normalized spacial score (nSPS) is 15.2. The molecule has 0 spiro atoms. The Morgan fingerprint density at radius 3 is 2.66 bits per heavy atom. The number of hydrogen-bond acceptors (Lipinski definition) is 6. The molecule has 0 unspecified atom stereocenters. The molecule has 4 aromatic rings. The number of fused-ring (bicyclic) bond motifs is 1. The van der Waals surface area contributed by atoms with Crippen molar-refractivity contribution in [1.82, 2.24) is 4.57 Å². The Bertz CT molecular complexity index is 1760. The lowest BCUT2D eigenvalue weighted by molar-refractivity contribution is -0.113. The van der Waals surface area contributed by atoms with E-state index in [1.54, 1.807) is 50.4 Å². The van der Waals surface area contributed by atoms with Crippen molar-refractivity contribution >= 4 is 56.5 Å². The fourth-order valence-corrected chi connectivity index (χ4v) is 6.15. The molecule has 10 heteroatoms. The Hall–Kier alpha value is -3.66. The molecule has 192 valence electrons. The van der Waals surface area contributed by atoms with Crippen LogP contribution in [0.3, 0.4) is 0 Å². The zero-order chi connectivity index (χ0) is 27.0. The van der Waals surface area contributed by atoms with E-state index in [0.717, 1.165) is 0 Å². The van der Waals surface area contributed by atoms with Gasteiger partial charge in [-0.15, -0.1) is 0 Å². The van der Waals surface area contributed by atoms with E-state index in [1.807, 2.05) is 36.4 Å². The summed E-state index contributed by atoms with van der Waals surface area (Å²) in [5.74, 6) is 0.174. The summed E-state index contributed by atoms with van der Waals surface area (Å²) in [6.45, 7) is 1.76. The van der Waals surface area contributed by atoms with Gasteiger partial charge in [0, 0.05) is 5.69 Å². The molecule has 0 fully saturated rings. The van der Waals surface area contributed by atoms with Crippen LogP contribution in [0.15, 0.2) is 92.3 Å². The van der Waals surface area contributed by atoms with Crippen LogP contribution in [-0.2, 0) is 4.79 Å². The second kappa shape index (κ2) is 10.6. The van der Waals surface area contributed by atoms with Gasteiger partial charge in [0.2, 0.25) is 0 Å². The molecule has 0 bridgehead atoms. The molecule has 2 N–H and O–H groups in total. The van der Waals surface area contributed by atoms with Crippen molar-refractivity contribution in [1.29, 1.82) is 0 Å². The Morgan fingerprint density at radius 1 is 1.18 bits per heavy atom. The highest BCUT2D eigenvalue weighted by molar-refractivity contribution is 9.10. The number of phenols is 1.